The van der Waals surface area contributed by atoms with Crippen molar-refractivity contribution in [3.63, 3.8) is 0 Å². The molecule has 0 saturated carbocycles. The molecule has 23 heavy (non-hydrogen) atoms. The molecule has 0 spiro atoms. The van der Waals surface area contributed by atoms with Gasteiger partial charge in [0.2, 0.25) is 0 Å². The van der Waals surface area contributed by atoms with E-state index in [4.69, 9.17) is 10.7 Å². The Morgan fingerprint density at radius 3 is 2.52 bits per heavy atom. The van der Waals surface area contributed by atoms with Crippen LogP contribution in [0.25, 0.3) is 27.5 Å². The molecule has 4 rings (SSSR count). The van der Waals surface area contributed by atoms with E-state index in [2.05, 4.69) is 54.0 Å². The van der Waals surface area contributed by atoms with Crippen molar-refractivity contribution in [3.05, 3.63) is 65.2 Å². The quantitative estimate of drug-likeness (QED) is 0.532. The van der Waals surface area contributed by atoms with Crippen molar-refractivity contribution in [2.75, 3.05) is 5.73 Å². The lowest BCUT2D eigenvalue weighted by Crippen LogP contribution is -1.91. The van der Waals surface area contributed by atoms with E-state index in [1.165, 1.54) is 5.56 Å². The largest absolute Gasteiger partial charge is 0.399 e. The number of imidazole rings is 1. The van der Waals surface area contributed by atoms with Gasteiger partial charge in [0.05, 0.1) is 11.4 Å². The Morgan fingerprint density at radius 1 is 1.00 bits per heavy atom. The monoisotopic (exact) mass is 319 g/mol. The Morgan fingerprint density at radius 2 is 1.78 bits per heavy atom. The molecule has 114 valence electrons. The van der Waals surface area contributed by atoms with E-state index < -0.39 is 0 Å². The molecule has 0 saturated heterocycles. The van der Waals surface area contributed by atoms with Gasteiger partial charge < -0.3 is 5.73 Å². The van der Waals surface area contributed by atoms with E-state index in [-0.39, 0.29) is 0 Å². The SMILES string of the molecule is Cc1ccc(-c2nc3scc(-c4cccc(N)c4)n3c2C)cc1. The van der Waals surface area contributed by atoms with Crippen LogP contribution in [0.2, 0.25) is 0 Å². The zero-order chi connectivity index (χ0) is 16.0. The molecular formula is C19H17N3S. The molecule has 3 nitrogen and oxygen atoms in total. The van der Waals surface area contributed by atoms with Crippen LogP contribution in [-0.2, 0) is 0 Å². The second kappa shape index (κ2) is 5.25. The van der Waals surface area contributed by atoms with Gasteiger partial charge in [-0.2, -0.15) is 0 Å². The lowest BCUT2D eigenvalue weighted by molar-refractivity contribution is 1.14. The third-order valence-electron chi connectivity index (χ3n) is 4.10. The van der Waals surface area contributed by atoms with Gasteiger partial charge in [0.1, 0.15) is 0 Å². The number of thiazole rings is 1. The van der Waals surface area contributed by atoms with Crippen LogP contribution in [0, 0.1) is 13.8 Å². The molecule has 0 aliphatic heterocycles. The molecular weight excluding hydrogens is 302 g/mol. The minimum Gasteiger partial charge on any atom is -0.399 e. The van der Waals surface area contributed by atoms with Crippen LogP contribution in [0.4, 0.5) is 5.69 Å². The van der Waals surface area contributed by atoms with E-state index in [0.717, 1.165) is 38.9 Å². The maximum absolute atomic E-state index is 5.94. The number of anilines is 1. The normalized spacial score (nSPS) is 11.2. The molecule has 0 aliphatic rings. The van der Waals surface area contributed by atoms with Crippen molar-refractivity contribution < 1.29 is 0 Å². The molecule has 0 aliphatic carbocycles. The second-order valence-electron chi connectivity index (χ2n) is 5.78. The number of nitrogens with zero attached hydrogens (tertiary/aromatic N) is 2. The molecule has 0 fully saturated rings. The lowest BCUT2D eigenvalue weighted by atomic mass is 10.1. The summed E-state index contributed by atoms with van der Waals surface area (Å²) >= 11 is 1.66. The topological polar surface area (TPSA) is 43.3 Å². The summed E-state index contributed by atoms with van der Waals surface area (Å²) in [6.45, 7) is 4.22. The number of rotatable bonds is 2. The van der Waals surface area contributed by atoms with Gasteiger partial charge in [0.15, 0.2) is 4.96 Å². The molecule has 0 unspecified atom stereocenters. The van der Waals surface area contributed by atoms with Crippen molar-refractivity contribution in [2.45, 2.75) is 13.8 Å². The summed E-state index contributed by atoms with van der Waals surface area (Å²) < 4.78 is 2.22. The summed E-state index contributed by atoms with van der Waals surface area (Å²) in [6, 6.07) is 16.5. The average Bonchev–Trinajstić information content (AvgIpc) is 3.09. The first-order valence-electron chi connectivity index (χ1n) is 7.53. The third kappa shape index (κ3) is 2.32. The predicted octanol–water partition coefficient (Wildman–Crippen LogP) is 4.93. The Kier molecular flexibility index (Phi) is 3.20. The van der Waals surface area contributed by atoms with E-state index in [0.29, 0.717) is 0 Å². The fourth-order valence-corrected chi connectivity index (χ4v) is 3.82. The zero-order valence-corrected chi connectivity index (χ0v) is 13.9. The molecule has 0 radical (unpaired) electrons. The van der Waals surface area contributed by atoms with Crippen LogP contribution in [0.15, 0.2) is 53.9 Å². The smallest absolute Gasteiger partial charge is 0.194 e. The van der Waals surface area contributed by atoms with Crippen molar-refractivity contribution in [2.24, 2.45) is 0 Å². The first kappa shape index (κ1) is 14.0. The summed E-state index contributed by atoms with van der Waals surface area (Å²) in [5, 5.41) is 2.14. The van der Waals surface area contributed by atoms with Crippen molar-refractivity contribution >= 4 is 22.0 Å². The standard InChI is InChI=1S/C19H17N3S/c1-12-6-8-14(9-7-12)18-13(2)22-17(11-23-19(22)21-18)15-4-3-5-16(20)10-15/h3-11H,20H2,1-2H3. The summed E-state index contributed by atoms with van der Waals surface area (Å²) in [6.07, 6.45) is 0. The summed E-state index contributed by atoms with van der Waals surface area (Å²) in [5.74, 6) is 0. The van der Waals surface area contributed by atoms with Crippen LogP contribution in [0.5, 0.6) is 0 Å². The number of hydrogen-bond donors (Lipinski definition) is 1. The van der Waals surface area contributed by atoms with E-state index in [9.17, 15) is 0 Å². The average molecular weight is 319 g/mol. The first-order valence-corrected chi connectivity index (χ1v) is 8.41. The third-order valence-corrected chi connectivity index (χ3v) is 4.93. The Balaban J connectivity index is 1.91. The zero-order valence-electron chi connectivity index (χ0n) is 13.1. The van der Waals surface area contributed by atoms with Gasteiger partial charge in [0, 0.05) is 27.9 Å². The van der Waals surface area contributed by atoms with E-state index in [1.807, 2.05) is 18.2 Å². The number of fused-ring (bicyclic) bond motifs is 1. The molecule has 2 heterocycles. The molecule has 2 N–H and O–H groups in total. The molecule has 2 aromatic carbocycles. The van der Waals surface area contributed by atoms with E-state index >= 15 is 0 Å². The number of nitrogen functional groups attached to an aromatic ring is 1. The molecule has 2 aromatic heterocycles. The summed E-state index contributed by atoms with van der Waals surface area (Å²) in [7, 11) is 0. The van der Waals surface area contributed by atoms with Crippen LogP contribution in [-0.4, -0.2) is 9.38 Å². The van der Waals surface area contributed by atoms with E-state index in [1.54, 1.807) is 11.3 Å². The number of aryl methyl sites for hydroxylation is 2. The summed E-state index contributed by atoms with van der Waals surface area (Å²) in [4.78, 5) is 5.84. The minimum atomic E-state index is 0.776. The highest BCUT2D eigenvalue weighted by atomic mass is 32.1. The van der Waals surface area contributed by atoms with Crippen molar-refractivity contribution in [1.82, 2.24) is 9.38 Å². The van der Waals surface area contributed by atoms with Crippen LogP contribution in [0.3, 0.4) is 0 Å². The number of benzene rings is 2. The fraction of sp³-hybridized carbons (Fsp3) is 0.105. The highest BCUT2D eigenvalue weighted by molar-refractivity contribution is 7.15. The van der Waals surface area contributed by atoms with Gasteiger partial charge in [-0.05, 0) is 26.0 Å². The fourth-order valence-electron chi connectivity index (χ4n) is 2.88. The maximum Gasteiger partial charge on any atom is 0.194 e. The minimum absolute atomic E-state index is 0.776. The van der Waals surface area contributed by atoms with Gasteiger partial charge in [-0.15, -0.1) is 11.3 Å². The highest BCUT2D eigenvalue weighted by Crippen LogP contribution is 2.33. The summed E-state index contributed by atoms with van der Waals surface area (Å²) in [5.41, 5.74) is 13.6. The Hall–Kier alpha value is -2.59. The molecule has 0 bridgehead atoms. The Bertz CT molecular complexity index is 993. The number of aromatic nitrogens is 2. The first-order chi connectivity index (χ1) is 11.1. The molecule has 0 atom stereocenters. The molecule has 4 aromatic rings. The molecule has 4 heteroatoms. The van der Waals surface area contributed by atoms with Gasteiger partial charge in [0.25, 0.3) is 0 Å². The van der Waals surface area contributed by atoms with Crippen molar-refractivity contribution in [3.8, 4) is 22.5 Å². The Labute approximate surface area is 139 Å². The molecule has 0 amide bonds. The second-order valence-corrected chi connectivity index (χ2v) is 6.61. The maximum atomic E-state index is 5.94. The van der Waals surface area contributed by atoms with Gasteiger partial charge in [-0.3, -0.25) is 4.40 Å². The van der Waals surface area contributed by atoms with Crippen LogP contribution < -0.4 is 5.73 Å². The van der Waals surface area contributed by atoms with Gasteiger partial charge >= 0.3 is 0 Å². The predicted molar refractivity (Wildman–Crippen MR) is 97.8 cm³/mol. The van der Waals surface area contributed by atoms with Crippen molar-refractivity contribution in [1.29, 1.82) is 0 Å². The number of nitrogens with two attached hydrogens (primary N) is 1. The van der Waals surface area contributed by atoms with Gasteiger partial charge in [-0.1, -0.05) is 42.0 Å². The van der Waals surface area contributed by atoms with Crippen LogP contribution >= 0.6 is 11.3 Å². The van der Waals surface area contributed by atoms with Crippen LogP contribution in [0.1, 0.15) is 11.3 Å². The van der Waals surface area contributed by atoms with Gasteiger partial charge in [-0.25, -0.2) is 4.98 Å². The highest BCUT2D eigenvalue weighted by Gasteiger charge is 2.15. The lowest BCUT2D eigenvalue weighted by Gasteiger charge is -2.04. The number of hydrogen-bond acceptors (Lipinski definition) is 3.